The normalized spacial score (nSPS) is 10.9. The van der Waals surface area contributed by atoms with Crippen LogP contribution >= 0.6 is 0 Å². The van der Waals surface area contributed by atoms with Gasteiger partial charge in [-0.05, 0) is 35.8 Å². The highest BCUT2D eigenvalue weighted by atomic mass is 14.2. The molecule has 0 spiro atoms. The lowest BCUT2D eigenvalue weighted by atomic mass is 9.86. The highest BCUT2D eigenvalue weighted by Crippen LogP contribution is 2.22. The van der Waals surface area contributed by atoms with E-state index in [1.54, 1.807) is 0 Å². The van der Waals surface area contributed by atoms with Gasteiger partial charge in [-0.25, -0.2) is 0 Å². The largest absolute Gasteiger partial charge is 0.0776 e. The van der Waals surface area contributed by atoms with Gasteiger partial charge in [0.05, 0.1) is 0 Å². The summed E-state index contributed by atoms with van der Waals surface area (Å²) in [6.45, 7) is 21.9. The SMILES string of the molecule is C.CC.CC.[2H]Cc1ccc(C(C)(C)C)cc1.[2H]Cc1cccc(C(C)(C)C)c1. The first kappa shape index (κ1) is 25.4. The third kappa shape index (κ3) is 13.3. The molecule has 0 aromatic heterocycles. The van der Waals surface area contributed by atoms with Crippen molar-refractivity contribution in [2.75, 3.05) is 0 Å². The average Bonchev–Trinajstić information content (AvgIpc) is 2.70. The summed E-state index contributed by atoms with van der Waals surface area (Å²) in [5, 5.41) is 0. The molecule has 27 heavy (non-hydrogen) atoms. The van der Waals surface area contributed by atoms with Crippen LogP contribution in [0.1, 0.15) is 102 Å². The van der Waals surface area contributed by atoms with Crippen LogP contribution in [0.2, 0.25) is 0 Å². The summed E-state index contributed by atoms with van der Waals surface area (Å²) in [6, 6.07) is 16.6. The molecule has 2 rings (SSSR count). The molecule has 2 aromatic rings. The van der Waals surface area contributed by atoms with Gasteiger partial charge >= 0.3 is 0 Å². The van der Waals surface area contributed by atoms with Gasteiger partial charge in [0.1, 0.15) is 0 Å². The number of benzene rings is 2. The van der Waals surface area contributed by atoms with E-state index in [4.69, 9.17) is 2.74 Å². The fourth-order valence-electron chi connectivity index (χ4n) is 2.04. The molecule has 0 bridgehead atoms. The van der Waals surface area contributed by atoms with E-state index < -0.39 is 0 Å². The van der Waals surface area contributed by atoms with Gasteiger partial charge in [-0.2, -0.15) is 0 Å². The van der Waals surface area contributed by atoms with Crippen LogP contribution in [0, 0.1) is 13.8 Å². The van der Waals surface area contributed by atoms with E-state index in [0.717, 1.165) is 11.1 Å². The van der Waals surface area contributed by atoms with Gasteiger partial charge in [0.15, 0.2) is 0 Å². The lowest BCUT2D eigenvalue weighted by Crippen LogP contribution is -2.10. The minimum Gasteiger partial charge on any atom is -0.0776 e. The molecular weight excluding hydrogens is 324 g/mol. The van der Waals surface area contributed by atoms with Crippen molar-refractivity contribution in [2.24, 2.45) is 0 Å². The molecule has 0 atom stereocenters. The van der Waals surface area contributed by atoms with Crippen molar-refractivity contribution in [1.29, 1.82) is 0 Å². The fourth-order valence-corrected chi connectivity index (χ4v) is 2.04. The monoisotopic (exact) mass is 374 g/mol. The maximum atomic E-state index is 7.24. The van der Waals surface area contributed by atoms with Crippen LogP contribution in [0.3, 0.4) is 0 Å². The quantitative estimate of drug-likeness (QED) is 0.431. The Bertz CT molecular complexity index is 614. The number of hydrogen-bond acceptors (Lipinski definition) is 0. The first-order valence-electron chi connectivity index (χ1n) is 11.3. The van der Waals surface area contributed by atoms with Crippen molar-refractivity contribution in [2.45, 2.75) is 101 Å². The minimum absolute atomic E-state index is 0. The van der Waals surface area contributed by atoms with Crippen molar-refractivity contribution >= 4 is 0 Å². The van der Waals surface area contributed by atoms with Crippen LogP contribution in [0.4, 0.5) is 0 Å². The standard InChI is InChI=1S/2C11H16.2C2H6.CH4/c1-9-5-7-10(8-6-9)11(2,3)4;1-9-6-5-7-10(8-9)11(2,3)4;2*1-2;/h2*5-8H,1-4H3;2*1-2H3;1H4/i2*1D;;;. The second kappa shape index (κ2) is 14.5. The summed E-state index contributed by atoms with van der Waals surface area (Å²) in [7, 11) is 0. The van der Waals surface area contributed by atoms with Crippen LogP contribution < -0.4 is 0 Å². The van der Waals surface area contributed by atoms with Crippen LogP contribution in [0.15, 0.2) is 48.5 Å². The van der Waals surface area contributed by atoms with E-state index in [0.29, 0.717) is 13.8 Å². The first-order chi connectivity index (χ1) is 13.1. The van der Waals surface area contributed by atoms with E-state index in [1.165, 1.54) is 11.1 Å². The molecule has 0 fully saturated rings. The van der Waals surface area contributed by atoms with Gasteiger partial charge in [0.25, 0.3) is 0 Å². The highest BCUT2D eigenvalue weighted by Gasteiger charge is 2.12. The Hall–Kier alpha value is -1.56. The van der Waals surface area contributed by atoms with Crippen LogP contribution in [0.5, 0.6) is 0 Å². The Morgan fingerprint density at radius 2 is 1.04 bits per heavy atom. The number of rotatable bonds is 0. The molecule has 0 aliphatic carbocycles. The Morgan fingerprint density at radius 1 is 0.593 bits per heavy atom. The van der Waals surface area contributed by atoms with Crippen LogP contribution in [-0.2, 0) is 10.8 Å². The molecule has 0 saturated heterocycles. The zero-order valence-corrected chi connectivity index (χ0v) is 19.0. The molecule has 0 N–H and O–H groups in total. The zero-order valence-electron chi connectivity index (χ0n) is 21.0. The van der Waals surface area contributed by atoms with Gasteiger partial charge < -0.3 is 0 Å². The third-order valence-electron chi connectivity index (χ3n) is 3.61. The zero-order chi connectivity index (χ0) is 22.4. The molecule has 0 aliphatic rings. The third-order valence-corrected chi connectivity index (χ3v) is 3.61. The lowest BCUT2D eigenvalue weighted by molar-refractivity contribution is 0.589. The van der Waals surface area contributed by atoms with Crippen LogP contribution in [-0.4, -0.2) is 0 Å². The lowest BCUT2D eigenvalue weighted by Gasteiger charge is -2.19. The molecule has 0 heteroatoms. The minimum atomic E-state index is 0. The maximum Gasteiger partial charge on any atom is 0.0280 e. The van der Waals surface area contributed by atoms with Crippen molar-refractivity contribution < 1.29 is 2.74 Å². The summed E-state index contributed by atoms with van der Waals surface area (Å²) >= 11 is 0. The summed E-state index contributed by atoms with van der Waals surface area (Å²) in [4.78, 5) is 0. The molecule has 0 radical (unpaired) electrons. The van der Waals surface area contributed by atoms with Crippen molar-refractivity contribution in [3.8, 4) is 0 Å². The van der Waals surface area contributed by atoms with Gasteiger partial charge in [-0.1, -0.05) is 136 Å². The highest BCUT2D eigenvalue weighted by molar-refractivity contribution is 5.27. The predicted molar refractivity (Wildman–Crippen MR) is 129 cm³/mol. The van der Waals surface area contributed by atoms with Crippen molar-refractivity contribution in [1.82, 2.24) is 0 Å². The van der Waals surface area contributed by atoms with Crippen LogP contribution in [0.25, 0.3) is 0 Å². The summed E-state index contributed by atoms with van der Waals surface area (Å²) < 4.78 is 14.4. The Kier molecular flexibility index (Phi) is 13.7. The second-order valence-corrected chi connectivity index (χ2v) is 7.90. The number of hydrogen-bond donors (Lipinski definition) is 0. The van der Waals surface area contributed by atoms with Crippen molar-refractivity contribution in [3.05, 3.63) is 70.8 Å². The van der Waals surface area contributed by atoms with E-state index >= 15 is 0 Å². The topological polar surface area (TPSA) is 0 Å². The second-order valence-electron chi connectivity index (χ2n) is 7.90. The van der Waals surface area contributed by atoms with Crippen molar-refractivity contribution in [3.63, 3.8) is 0 Å². The fraction of sp³-hybridized carbons (Fsp3) is 0.556. The smallest absolute Gasteiger partial charge is 0.0280 e. The predicted octanol–water partition coefficient (Wildman–Crippen LogP) is 9.27. The van der Waals surface area contributed by atoms with E-state index in [9.17, 15) is 0 Å². The molecular formula is C27H48. The summed E-state index contributed by atoms with van der Waals surface area (Å²) in [6.07, 6.45) is 0. The first-order valence-corrected chi connectivity index (χ1v) is 9.85. The summed E-state index contributed by atoms with van der Waals surface area (Å²) in [5.41, 5.74) is 5.25. The van der Waals surface area contributed by atoms with E-state index in [2.05, 4.69) is 65.8 Å². The molecule has 0 heterocycles. The molecule has 0 amide bonds. The molecule has 0 nitrogen and oxygen atoms in total. The van der Waals surface area contributed by atoms with Gasteiger partial charge in [-0.3, -0.25) is 0 Å². The molecule has 0 saturated carbocycles. The Balaban J connectivity index is -0.000000386. The molecule has 2 aromatic carbocycles. The van der Waals surface area contributed by atoms with E-state index in [-0.39, 0.29) is 18.3 Å². The maximum absolute atomic E-state index is 7.24. The van der Waals surface area contributed by atoms with Gasteiger partial charge in [0, 0.05) is 2.74 Å². The number of aryl methyl sites for hydroxylation is 2. The molecule has 156 valence electrons. The molecule has 0 aliphatic heterocycles. The summed E-state index contributed by atoms with van der Waals surface area (Å²) in [5.74, 6) is 0. The molecule has 0 unspecified atom stereocenters. The Morgan fingerprint density at radius 3 is 1.41 bits per heavy atom. The van der Waals surface area contributed by atoms with E-state index in [1.807, 2.05) is 52.0 Å². The average molecular weight is 375 g/mol. The van der Waals surface area contributed by atoms with Gasteiger partial charge in [-0.15, -0.1) is 0 Å². The van der Waals surface area contributed by atoms with Gasteiger partial charge in [0.2, 0.25) is 0 Å². The Labute approximate surface area is 175 Å².